The number of aryl methyl sites for hydroxylation is 1. The quantitative estimate of drug-likeness (QED) is 0.828. The number of hydrazone groups is 1. The van der Waals surface area contributed by atoms with Crippen LogP contribution in [-0.2, 0) is 9.59 Å². The molecule has 2 amide bonds. The molecule has 2 rings (SSSR count). The van der Waals surface area contributed by atoms with Crippen LogP contribution in [0.25, 0.3) is 0 Å². The van der Waals surface area contributed by atoms with E-state index >= 15 is 0 Å². The number of nitriles is 1. The number of anilines is 1. The predicted octanol–water partition coefficient (Wildman–Crippen LogP) is 1.07. The summed E-state index contributed by atoms with van der Waals surface area (Å²) in [6.07, 6.45) is 0.538. The van der Waals surface area contributed by atoms with Crippen molar-refractivity contribution >= 4 is 23.2 Å². The third-order valence-corrected chi connectivity index (χ3v) is 2.80. The summed E-state index contributed by atoms with van der Waals surface area (Å²) in [6, 6.07) is 7.27. The lowest BCUT2D eigenvalue weighted by Gasteiger charge is -2.13. The number of carbonyl (C=O) groups is 2. The highest BCUT2D eigenvalue weighted by Gasteiger charge is 2.19. The molecule has 0 atom stereocenters. The van der Waals surface area contributed by atoms with E-state index < -0.39 is 5.91 Å². The monoisotopic (exact) mass is 256 g/mol. The highest BCUT2D eigenvalue weighted by molar-refractivity contribution is 6.43. The molecule has 0 spiro atoms. The van der Waals surface area contributed by atoms with Gasteiger partial charge in [0.25, 0.3) is 5.91 Å². The number of amides is 2. The number of nitrogens with one attached hydrogen (secondary N) is 2. The summed E-state index contributed by atoms with van der Waals surface area (Å²) in [6.45, 7) is 1.80. The summed E-state index contributed by atoms with van der Waals surface area (Å²) in [5.74, 6) is -0.605. The van der Waals surface area contributed by atoms with Crippen molar-refractivity contribution in [3.8, 4) is 6.07 Å². The Morgan fingerprint density at radius 2 is 2.26 bits per heavy atom. The highest BCUT2D eigenvalue weighted by atomic mass is 16.2. The van der Waals surface area contributed by atoms with Crippen LogP contribution in [0.2, 0.25) is 0 Å². The lowest BCUT2D eigenvalue weighted by molar-refractivity contribution is -0.121. The van der Waals surface area contributed by atoms with Crippen LogP contribution in [0.1, 0.15) is 24.0 Å². The molecule has 0 saturated carbocycles. The van der Waals surface area contributed by atoms with E-state index in [1.54, 1.807) is 25.1 Å². The molecule has 0 aromatic heterocycles. The van der Waals surface area contributed by atoms with E-state index in [0.717, 1.165) is 5.56 Å². The van der Waals surface area contributed by atoms with E-state index in [4.69, 9.17) is 5.26 Å². The molecule has 19 heavy (non-hydrogen) atoms. The van der Waals surface area contributed by atoms with Gasteiger partial charge in [-0.1, -0.05) is 12.1 Å². The van der Waals surface area contributed by atoms with Gasteiger partial charge in [-0.2, -0.15) is 10.4 Å². The molecule has 1 aliphatic rings. The molecule has 0 radical (unpaired) electrons. The first-order valence-electron chi connectivity index (χ1n) is 5.78. The molecule has 2 N–H and O–H groups in total. The Bertz CT molecular complexity index is 614. The SMILES string of the molecule is Cc1cccc(NC(=O)C2=NNC(=O)CC2)c1C#N. The third kappa shape index (κ3) is 2.77. The lowest BCUT2D eigenvalue weighted by atomic mass is 10.1. The summed E-state index contributed by atoms with van der Waals surface area (Å²) < 4.78 is 0. The zero-order chi connectivity index (χ0) is 13.8. The van der Waals surface area contributed by atoms with Gasteiger partial charge in [-0.3, -0.25) is 9.59 Å². The minimum atomic E-state index is -0.401. The minimum Gasteiger partial charge on any atom is -0.320 e. The standard InChI is InChI=1S/C13H12N4O2/c1-8-3-2-4-10(9(8)7-14)15-13(19)11-5-6-12(18)17-16-11/h2-4H,5-6H2,1H3,(H,15,19)(H,17,18). The molecular formula is C13H12N4O2. The summed E-state index contributed by atoms with van der Waals surface area (Å²) in [7, 11) is 0. The molecule has 1 heterocycles. The topological polar surface area (TPSA) is 94.3 Å². The van der Waals surface area contributed by atoms with E-state index in [1.165, 1.54) is 0 Å². The van der Waals surface area contributed by atoms with Crippen molar-refractivity contribution in [3.05, 3.63) is 29.3 Å². The first-order chi connectivity index (χ1) is 9.11. The normalized spacial score (nSPS) is 14.1. The molecule has 0 saturated heterocycles. The number of hydrogen-bond acceptors (Lipinski definition) is 4. The Balaban J connectivity index is 2.18. The second-order valence-corrected chi connectivity index (χ2v) is 4.16. The van der Waals surface area contributed by atoms with Crippen LogP contribution in [0, 0.1) is 18.3 Å². The van der Waals surface area contributed by atoms with Crippen molar-refractivity contribution in [1.82, 2.24) is 5.43 Å². The van der Waals surface area contributed by atoms with Gasteiger partial charge >= 0.3 is 0 Å². The van der Waals surface area contributed by atoms with Crippen LogP contribution >= 0.6 is 0 Å². The van der Waals surface area contributed by atoms with Gasteiger partial charge in [0.05, 0.1) is 11.3 Å². The van der Waals surface area contributed by atoms with Gasteiger partial charge < -0.3 is 5.32 Å². The Morgan fingerprint density at radius 1 is 1.47 bits per heavy atom. The fourth-order valence-electron chi connectivity index (χ4n) is 1.75. The second kappa shape index (κ2) is 5.31. The van der Waals surface area contributed by atoms with Crippen molar-refractivity contribution in [2.24, 2.45) is 5.10 Å². The number of carbonyl (C=O) groups excluding carboxylic acids is 2. The first-order valence-corrected chi connectivity index (χ1v) is 5.78. The maximum atomic E-state index is 12.0. The van der Waals surface area contributed by atoms with Gasteiger partial charge in [0, 0.05) is 12.8 Å². The fourth-order valence-corrected chi connectivity index (χ4v) is 1.75. The Morgan fingerprint density at radius 3 is 2.89 bits per heavy atom. The zero-order valence-corrected chi connectivity index (χ0v) is 10.4. The molecular weight excluding hydrogens is 244 g/mol. The van der Waals surface area contributed by atoms with Crippen LogP contribution in [0.3, 0.4) is 0 Å². The van der Waals surface area contributed by atoms with Crippen molar-refractivity contribution < 1.29 is 9.59 Å². The van der Waals surface area contributed by atoms with Gasteiger partial charge in [-0.15, -0.1) is 0 Å². The molecule has 0 unspecified atom stereocenters. The average molecular weight is 256 g/mol. The molecule has 96 valence electrons. The van der Waals surface area contributed by atoms with Gasteiger partial charge in [0.1, 0.15) is 11.8 Å². The van der Waals surface area contributed by atoms with Gasteiger partial charge in [0.2, 0.25) is 5.91 Å². The fraction of sp³-hybridized carbons (Fsp3) is 0.231. The van der Waals surface area contributed by atoms with Gasteiger partial charge in [-0.25, -0.2) is 5.43 Å². The van der Waals surface area contributed by atoms with Crippen LogP contribution < -0.4 is 10.7 Å². The number of hydrogen-bond donors (Lipinski definition) is 2. The molecule has 1 aromatic carbocycles. The smallest absolute Gasteiger partial charge is 0.271 e. The zero-order valence-electron chi connectivity index (χ0n) is 10.4. The highest BCUT2D eigenvalue weighted by Crippen LogP contribution is 2.18. The van der Waals surface area contributed by atoms with Crippen molar-refractivity contribution in [2.45, 2.75) is 19.8 Å². The molecule has 6 heteroatoms. The summed E-state index contributed by atoms with van der Waals surface area (Å²) >= 11 is 0. The van der Waals surface area contributed by atoms with Crippen LogP contribution in [0.15, 0.2) is 23.3 Å². The maximum absolute atomic E-state index is 12.0. The Labute approximate surface area is 110 Å². The number of nitrogens with zero attached hydrogens (tertiary/aromatic N) is 2. The van der Waals surface area contributed by atoms with Crippen LogP contribution in [0.4, 0.5) is 5.69 Å². The van der Waals surface area contributed by atoms with Crippen molar-refractivity contribution in [1.29, 1.82) is 5.26 Å². The average Bonchev–Trinajstić information content (AvgIpc) is 2.39. The molecule has 6 nitrogen and oxygen atoms in total. The minimum absolute atomic E-state index is 0.204. The first kappa shape index (κ1) is 12.8. The predicted molar refractivity (Wildman–Crippen MR) is 69.3 cm³/mol. The van der Waals surface area contributed by atoms with Crippen molar-refractivity contribution in [2.75, 3.05) is 5.32 Å². The summed E-state index contributed by atoms with van der Waals surface area (Å²) in [5, 5.41) is 15.4. The Kier molecular flexibility index (Phi) is 3.57. The molecule has 1 aliphatic heterocycles. The van der Waals surface area contributed by atoms with Gasteiger partial charge in [0.15, 0.2) is 0 Å². The largest absolute Gasteiger partial charge is 0.320 e. The summed E-state index contributed by atoms with van der Waals surface area (Å²) in [5.41, 5.74) is 4.19. The van der Waals surface area contributed by atoms with Crippen LogP contribution in [0.5, 0.6) is 0 Å². The Hall–Kier alpha value is -2.68. The second-order valence-electron chi connectivity index (χ2n) is 4.16. The number of rotatable bonds is 2. The summed E-state index contributed by atoms with van der Waals surface area (Å²) in [4.78, 5) is 22.9. The van der Waals surface area contributed by atoms with E-state index in [1.807, 2.05) is 0 Å². The third-order valence-electron chi connectivity index (χ3n) is 2.80. The van der Waals surface area contributed by atoms with E-state index in [0.29, 0.717) is 17.7 Å². The molecule has 1 aromatic rings. The van der Waals surface area contributed by atoms with E-state index in [2.05, 4.69) is 21.9 Å². The number of benzene rings is 1. The maximum Gasteiger partial charge on any atom is 0.271 e. The van der Waals surface area contributed by atoms with Crippen molar-refractivity contribution in [3.63, 3.8) is 0 Å². The molecule has 0 fully saturated rings. The van der Waals surface area contributed by atoms with E-state index in [9.17, 15) is 9.59 Å². The van der Waals surface area contributed by atoms with Gasteiger partial charge in [-0.05, 0) is 18.6 Å². The van der Waals surface area contributed by atoms with Crippen LogP contribution in [-0.4, -0.2) is 17.5 Å². The lowest BCUT2D eigenvalue weighted by Crippen LogP contribution is -2.32. The van der Waals surface area contributed by atoms with E-state index in [-0.39, 0.29) is 18.0 Å². The molecule has 0 aliphatic carbocycles. The molecule has 0 bridgehead atoms.